The van der Waals surface area contributed by atoms with Gasteiger partial charge in [0.05, 0.1) is 5.56 Å². The van der Waals surface area contributed by atoms with Gasteiger partial charge in [0.15, 0.2) is 0 Å². The summed E-state index contributed by atoms with van der Waals surface area (Å²) in [7, 11) is 1.86. The molecule has 0 unspecified atom stereocenters. The summed E-state index contributed by atoms with van der Waals surface area (Å²) in [5.74, 6) is -0.282. The van der Waals surface area contributed by atoms with Crippen molar-refractivity contribution in [3.63, 3.8) is 0 Å². The van der Waals surface area contributed by atoms with Crippen LogP contribution in [0.4, 0.5) is 5.82 Å². The fourth-order valence-corrected chi connectivity index (χ4v) is 1.51. The Labute approximate surface area is 108 Å². The van der Waals surface area contributed by atoms with Gasteiger partial charge < -0.3 is 10.0 Å². The lowest BCUT2D eigenvalue weighted by Gasteiger charge is -2.22. The van der Waals surface area contributed by atoms with Gasteiger partial charge in [-0.3, -0.25) is 0 Å². The van der Waals surface area contributed by atoms with Crippen LogP contribution in [-0.4, -0.2) is 29.7 Å². The Bertz CT molecular complexity index is 461. The molecule has 0 aliphatic heterocycles. The molecule has 0 amide bonds. The third kappa shape index (κ3) is 3.32. The Balaban J connectivity index is 3.31. The molecular formula is C14H20N2O2. The standard InChI is InChI=1S/C14H20N2O2/c1-6-7-16(5)12-9-10(13(17)18)8-11(15-12)14(2,3)4/h6,8-9H,1,7H2,2-5H3,(H,17,18). The van der Waals surface area contributed by atoms with Crippen molar-refractivity contribution in [1.29, 1.82) is 0 Å². The predicted octanol–water partition coefficient (Wildman–Crippen LogP) is 2.70. The van der Waals surface area contributed by atoms with Crippen LogP contribution in [0.2, 0.25) is 0 Å². The summed E-state index contributed by atoms with van der Waals surface area (Å²) >= 11 is 0. The number of likely N-dealkylation sites (N-methyl/N-ethyl adjacent to an activating group) is 1. The molecule has 0 aliphatic rings. The number of hydrogen-bond donors (Lipinski definition) is 1. The molecule has 0 saturated carbocycles. The molecule has 0 aromatic carbocycles. The number of anilines is 1. The molecule has 0 bridgehead atoms. The number of rotatable bonds is 4. The molecule has 18 heavy (non-hydrogen) atoms. The van der Waals surface area contributed by atoms with Crippen molar-refractivity contribution in [1.82, 2.24) is 4.98 Å². The van der Waals surface area contributed by atoms with Crippen LogP contribution in [-0.2, 0) is 5.41 Å². The molecule has 4 nitrogen and oxygen atoms in total. The van der Waals surface area contributed by atoms with Gasteiger partial charge in [-0.25, -0.2) is 9.78 Å². The van der Waals surface area contributed by atoms with Gasteiger partial charge in [-0.15, -0.1) is 6.58 Å². The molecule has 1 aromatic heterocycles. The average Bonchev–Trinajstić information content (AvgIpc) is 2.27. The average molecular weight is 248 g/mol. The smallest absolute Gasteiger partial charge is 0.335 e. The van der Waals surface area contributed by atoms with E-state index in [4.69, 9.17) is 5.11 Å². The molecule has 0 atom stereocenters. The minimum Gasteiger partial charge on any atom is -0.478 e. The molecule has 4 heteroatoms. The van der Waals surface area contributed by atoms with Crippen LogP contribution in [0, 0.1) is 0 Å². The van der Waals surface area contributed by atoms with Crippen LogP contribution < -0.4 is 4.90 Å². The maximum absolute atomic E-state index is 11.1. The number of aromatic nitrogens is 1. The van der Waals surface area contributed by atoms with Crippen LogP contribution in [0.25, 0.3) is 0 Å². The molecule has 98 valence electrons. The normalized spacial score (nSPS) is 11.1. The fraction of sp³-hybridized carbons (Fsp3) is 0.429. The number of aromatic carboxylic acids is 1. The molecule has 0 aliphatic carbocycles. The summed E-state index contributed by atoms with van der Waals surface area (Å²) in [6.45, 7) is 10.3. The van der Waals surface area contributed by atoms with Gasteiger partial charge in [0, 0.05) is 24.7 Å². The second kappa shape index (κ2) is 5.21. The lowest BCUT2D eigenvalue weighted by molar-refractivity contribution is 0.0696. The lowest BCUT2D eigenvalue weighted by Crippen LogP contribution is -2.22. The number of carbonyl (C=O) groups is 1. The molecule has 1 aromatic rings. The Kier molecular flexibility index (Phi) is 4.11. The quantitative estimate of drug-likeness (QED) is 0.832. The topological polar surface area (TPSA) is 53.4 Å². The van der Waals surface area contributed by atoms with Gasteiger partial charge in [-0.05, 0) is 12.1 Å². The van der Waals surface area contributed by atoms with Crippen molar-refractivity contribution in [3.8, 4) is 0 Å². The first-order chi connectivity index (χ1) is 8.25. The summed E-state index contributed by atoms with van der Waals surface area (Å²) in [6.07, 6.45) is 1.76. The van der Waals surface area contributed by atoms with Gasteiger partial charge in [0.2, 0.25) is 0 Å². The van der Waals surface area contributed by atoms with Gasteiger partial charge in [-0.1, -0.05) is 26.8 Å². The largest absolute Gasteiger partial charge is 0.478 e. The third-order valence-corrected chi connectivity index (χ3v) is 2.62. The number of nitrogens with zero attached hydrogens (tertiary/aromatic N) is 2. The van der Waals surface area contributed by atoms with Crippen molar-refractivity contribution >= 4 is 11.8 Å². The Morgan fingerprint density at radius 3 is 2.56 bits per heavy atom. The minimum absolute atomic E-state index is 0.185. The van der Waals surface area contributed by atoms with Gasteiger partial charge >= 0.3 is 5.97 Å². The van der Waals surface area contributed by atoms with E-state index in [9.17, 15) is 4.79 Å². The zero-order valence-electron chi connectivity index (χ0n) is 11.4. The summed E-state index contributed by atoms with van der Waals surface area (Å²) in [5, 5.41) is 9.14. The van der Waals surface area contributed by atoms with Gasteiger partial charge in [0.25, 0.3) is 0 Å². The molecule has 0 fully saturated rings. The van der Waals surface area contributed by atoms with Crippen molar-refractivity contribution in [2.75, 3.05) is 18.5 Å². The highest BCUT2D eigenvalue weighted by Gasteiger charge is 2.19. The summed E-state index contributed by atoms with van der Waals surface area (Å²) in [4.78, 5) is 17.5. The minimum atomic E-state index is -0.934. The molecule has 0 spiro atoms. The second-order valence-electron chi connectivity index (χ2n) is 5.32. The van der Waals surface area contributed by atoms with E-state index in [0.717, 1.165) is 5.69 Å². The SMILES string of the molecule is C=CCN(C)c1cc(C(=O)O)cc(C(C)(C)C)n1. The summed E-state index contributed by atoms with van der Waals surface area (Å²) in [5.41, 5.74) is 0.851. The van der Waals surface area contributed by atoms with E-state index in [1.165, 1.54) is 0 Å². The number of carboxylic acid groups (broad SMARTS) is 1. The predicted molar refractivity (Wildman–Crippen MR) is 73.4 cm³/mol. The third-order valence-electron chi connectivity index (χ3n) is 2.62. The lowest BCUT2D eigenvalue weighted by atomic mass is 9.90. The molecular weight excluding hydrogens is 228 g/mol. The van der Waals surface area contributed by atoms with Crippen molar-refractivity contribution in [2.45, 2.75) is 26.2 Å². The van der Waals surface area contributed by atoms with E-state index in [1.807, 2.05) is 32.7 Å². The van der Waals surface area contributed by atoms with Gasteiger partial charge in [0.1, 0.15) is 5.82 Å². The Hall–Kier alpha value is -1.84. The number of pyridine rings is 1. The molecule has 1 N–H and O–H groups in total. The van der Waals surface area contributed by atoms with E-state index >= 15 is 0 Å². The first kappa shape index (κ1) is 14.2. The van der Waals surface area contributed by atoms with E-state index in [2.05, 4.69) is 11.6 Å². The molecule has 1 rings (SSSR count). The Morgan fingerprint density at radius 2 is 2.11 bits per heavy atom. The summed E-state index contributed by atoms with van der Waals surface area (Å²) < 4.78 is 0. The van der Waals surface area contributed by atoms with Crippen LogP contribution in [0.5, 0.6) is 0 Å². The highest BCUT2D eigenvalue weighted by molar-refractivity contribution is 5.88. The maximum Gasteiger partial charge on any atom is 0.335 e. The zero-order chi connectivity index (χ0) is 13.9. The van der Waals surface area contributed by atoms with Crippen LogP contribution in [0.3, 0.4) is 0 Å². The second-order valence-corrected chi connectivity index (χ2v) is 5.32. The van der Waals surface area contributed by atoms with E-state index < -0.39 is 5.97 Å². The Morgan fingerprint density at radius 1 is 1.50 bits per heavy atom. The van der Waals surface area contributed by atoms with Crippen molar-refractivity contribution in [2.24, 2.45) is 0 Å². The van der Waals surface area contributed by atoms with Crippen LogP contribution in [0.1, 0.15) is 36.8 Å². The first-order valence-electron chi connectivity index (χ1n) is 5.83. The van der Waals surface area contributed by atoms with Crippen molar-refractivity contribution in [3.05, 3.63) is 36.0 Å². The number of hydrogen-bond acceptors (Lipinski definition) is 3. The van der Waals surface area contributed by atoms with E-state index in [0.29, 0.717) is 12.4 Å². The van der Waals surface area contributed by atoms with Crippen LogP contribution >= 0.6 is 0 Å². The van der Waals surface area contributed by atoms with Crippen molar-refractivity contribution < 1.29 is 9.90 Å². The molecule has 0 saturated heterocycles. The van der Waals surface area contributed by atoms with Crippen LogP contribution in [0.15, 0.2) is 24.8 Å². The fourth-order valence-electron chi connectivity index (χ4n) is 1.51. The first-order valence-corrected chi connectivity index (χ1v) is 5.83. The number of carboxylic acids is 1. The molecule has 1 heterocycles. The van der Waals surface area contributed by atoms with E-state index in [-0.39, 0.29) is 11.0 Å². The highest BCUT2D eigenvalue weighted by atomic mass is 16.4. The zero-order valence-corrected chi connectivity index (χ0v) is 11.4. The maximum atomic E-state index is 11.1. The van der Waals surface area contributed by atoms with Gasteiger partial charge in [-0.2, -0.15) is 0 Å². The highest BCUT2D eigenvalue weighted by Crippen LogP contribution is 2.24. The van der Waals surface area contributed by atoms with E-state index in [1.54, 1.807) is 18.2 Å². The summed E-state index contributed by atoms with van der Waals surface area (Å²) in [6, 6.07) is 3.22. The monoisotopic (exact) mass is 248 g/mol. The molecule has 0 radical (unpaired) electrons.